The van der Waals surface area contributed by atoms with Crippen molar-refractivity contribution in [1.82, 2.24) is 9.38 Å². The number of nitrogens with zero attached hydrogens (tertiary/aromatic N) is 3. The standard InChI is InChI=1S/C17H11N3OS/c1-9-7-11-15(10(2)19-9)12(8-18)17-20(16(11)21)13-5-3-4-6-14(13)22-17/h3-7H,1-2H3. The fraction of sp³-hybridized carbons (Fsp3) is 0.118. The number of aryl methyl sites for hydroxylation is 2. The van der Waals surface area contributed by atoms with Crippen LogP contribution in [0.3, 0.4) is 0 Å². The maximum Gasteiger partial charge on any atom is 0.264 e. The van der Waals surface area contributed by atoms with Crippen molar-refractivity contribution in [1.29, 1.82) is 5.26 Å². The highest BCUT2D eigenvalue weighted by molar-refractivity contribution is 7.24. The van der Waals surface area contributed by atoms with E-state index in [1.807, 2.05) is 38.1 Å². The van der Waals surface area contributed by atoms with Gasteiger partial charge in [-0.1, -0.05) is 12.1 Å². The van der Waals surface area contributed by atoms with Crippen LogP contribution in [0.2, 0.25) is 0 Å². The summed E-state index contributed by atoms with van der Waals surface area (Å²) in [6.45, 7) is 3.71. The minimum absolute atomic E-state index is 0.0879. The molecule has 22 heavy (non-hydrogen) atoms. The molecule has 3 aromatic heterocycles. The quantitative estimate of drug-likeness (QED) is 0.499. The molecule has 0 fully saturated rings. The summed E-state index contributed by atoms with van der Waals surface area (Å²) in [7, 11) is 0. The van der Waals surface area contributed by atoms with E-state index in [9.17, 15) is 10.1 Å². The van der Waals surface area contributed by atoms with Gasteiger partial charge < -0.3 is 0 Å². The van der Waals surface area contributed by atoms with E-state index in [0.717, 1.165) is 21.6 Å². The zero-order valence-corrected chi connectivity index (χ0v) is 12.9. The van der Waals surface area contributed by atoms with E-state index in [-0.39, 0.29) is 5.56 Å². The van der Waals surface area contributed by atoms with E-state index >= 15 is 0 Å². The van der Waals surface area contributed by atoms with Crippen LogP contribution in [-0.4, -0.2) is 9.38 Å². The van der Waals surface area contributed by atoms with Crippen molar-refractivity contribution >= 4 is 37.2 Å². The topological polar surface area (TPSA) is 58.2 Å². The van der Waals surface area contributed by atoms with Crippen molar-refractivity contribution in [2.75, 3.05) is 0 Å². The predicted octanol–water partition coefficient (Wildman–Crippen LogP) is 3.55. The molecule has 0 aliphatic rings. The second-order valence-corrected chi connectivity index (χ2v) is 6.30. The van der Waals surface area contributed by atoms with Crippen LogP contribution < -0.4 is 5.56 Å². The molecule has 1 aromatic carbocycles. The van der Waals surface area contributed by atoms with Crippen LogP contribution in [0.4, 0.5) is 0 Å². The first-order valence-electron chi connectivity index (χ1n) is 6.86. The minimum Gasteiger partial charge on any atom is -0.268 e. The SMILES string of the molecule is Cc1cc2c(=O)n3c(sc4ccccc43)c(C#N)c2c(C)n1. The molecule has 0 unspecified atom stereocenters. The summed E-state index contributed by atoms with van der Waals surface area (Å²) < 4.78 is 2.65. The number of fused-ring (bicyclic) bond motifs is 4. The number of nitriles is 1. The van der Waals surface area contributed by atoms with E-state index < -0.39 is 0 Å². The number of pyridine rings is 2. The van der Waals surface area contributed by atoms with Gasteiger partial charge in [0.25, 0.3) is 5.56 Å². The van der Waals surface area contributed by atoms with Gasteiger partial charge in [0.15, 0.2) is 0 Å². The van der Waals surface area contributed by atoms with Crippen molar-refractivity contribution in [2.24, 2.45) is 0 Å². The second-order valence-electron chi connectivity index (χ2n) is 5.27. The summed E-state index contributed by atoms with van der Waals surface area (Å²) in [5.74, 6) is 0. The summed E-state index contributed by atoms with van der Waals surface area (Å²) in [5, 5.41) is 10.9. The Labute approximate surface area is 129 Å². The van der Waals surface area contributed by atoms with Gasteiger partial charge in [0.1, 0.15) is 10.9 Å². The molecule has 0 atom stereocenters. The van der Waals surface area contributed by atoms with Crippen LogP contribution in [0.25, 0.3) is 25.8 Å². The molecule has 0 saturated heterocycles. The molecule has 4 rings (SSSR count). The number of rotatable bonds is 0. The predicted molar refractivity (Wildman–Crippen MR) is 88.5 cm³/mol. The van der Waals surface area contributed by atoms with Crippen LogP contribution in [0.15, 0.2) is 35.1 Å². The number of thiazole rings is 1. The molecule has 4 aromatic rings. The third-order valence-electron chi connectivity index (χ3n) is 3.85. The van der Waals surface area contributed by atoms with Crippen LogP contribution in [0.5, 0.6) is 0 Å². The molecule has 0 aliphatic carbocycles. The largest absolute Gasteiger partial charge is 0.268 e. The molecule has 106 valence electrons. The molecule has 0 saturated carbocycles. The van der Waals surface area contributed by atoms with Gasteiger partial charge in [-0.3, -0.25) is 14.2 Å². The normalized spacial score (nSPS) is 11.3. The molecule has 3 heterocycles. The van der Waals surface area contributed by atoms with Gasteiger partial charge in [-0.05, 0) is 32.0 Å². The summed E-state index contributed by atoms with van der Waals surface area (Å²) in [4.78, 5) is 18.1. The summed E-state index contributed by atoms with van der Waals surface area (Å²) in [5.41, 5.74) is 2.79. The highest BCUT2D eigenvalue weighted by Crippen LogP contribution is 2.31. The van der Waals surface area contributed by atoms with E-state index in [4.69, 9.17) is 0 Å². The van der Waals surface area contributed by atoms with Crippen molar-refractivity contribution in [3.8, 4) is 6.07 Å². The van der Waals surface area contributed by atoms with Crippen LogP contribution >= 0.6 is 11.3 Å². The van der Waals surface area contributed by atoms with E-state index in [2.05, 4.69) is 11.1 Å². The van der Waals surface area contributed by atoms with E-state index in [1.54, 1.807) is 10.5 Å². The van der Waals surface area contributed by atoms with Crippen LogP contribution in [0, 0.1) is 25.2 Å². The van der Waals surface area contributed by atoms with Gasteiger partial charge >= 0.3 is 0 Å². The molecule has 0 spiro atoms. The van der Waals surface area contributed by atoms with Gasteiger partial charge in [-0.25, -0.2) is 0 Å². The van der Waals surface area contributed by atoms with Gasteiger partial charge in [-0.2, -0.15) is 5.26 Å². The minimum atomic E-state index is -0.0879. The van der Waals surface area contributed by atoms with Crippen molar-refractivity contribution in [2.45, 2.75) is 13.8 Å². The fourth-order valence-corrected chi connectivity index (χ4v) is 4.14. The van der Waals surface area contributed by atoms with Gasteiger partial charge in [0, 0.05) is 16.8 Å². The molecular formula is C17H11N3OS. The molecule has 4 nitrogen and oxygen atoms in total. The Morgan fingerprint density at radius 2 is 2.05 bits per heavy atom. The van der Waals surface area contributed by atoms with E-state index in [1.165, 1.54) is 11.3 Å². The zero-order chi connectivity index (χ0) is 15.4. The lowest BCUT2D eigenvalue weighted by Gasteiger charge is -2.07. The fourth-order valence-electron chi connectivity index (χ4n) is 3.00. The molecule has 0 bridgehead atoms. The Hall–Kier alpha value is -2.71. The van der Waals surface area contributed by atoms with Gasteiger partial charge in [-0.15, -0.1) is 11.3 Å². The highest BCUT2D eigenvalue weighted by Gasteiger charge is 2.18. The molecule has 5 heteroatoms. The van der Waals surface area contributed by atoms with Crippen molar-refractivity contribution in [3.05, 3.63) is 57.6 Å². The Bertz CT molecular complexity index is 1180. The average Bonchev–Trinajstić information content (AvgIpc) is 2.88. The first kappa shape index (κ1) is 13.0. The Morgan fingerprint density at radius 3 is 2.82 bits per heavy atom. The molecule has 0 radical (unpaired) electrons. The van der Waals surface area contributed by atoms with Crippen molar-refractivity contribution in [3.63, 3.8) is 0 Å². The lowest BCUT2D eigenvalue weighted by Crippen LogP contribution is -2.15. The average molecular weight is 305 g/mol. The second kappa shape index (κ2) is 4.39. The number of hydrogen-bond donors (Lipinski definition) is 0. The Morgan fingerprint density at radius 1 is 1.27 bits per heavy atom. The first-order chi connectivity index (χ1) is 10.6. The molecular weight excluding hydrogens is 294 g/mol. The lowest BCUT2D eigenvalue weighted by atomic mass is 10.1. The van der Waals surface area contributed by atoms with Crippen molar-refractivity contribution < 1.29 is 0 Å². The maximum absolute atomic E-state index is 13.0. The maximum atomic E-state index is 13.0. The van der Waals surface area contributed by atoms with E-state index in [0.29, 0.717) is 21.2 Å². The molecule has 0 amide bonds. The van der Waals surface area contributed by atoms with Crippen LogP contribution in [-0.2, 0) is 0 Å². The molecule has 0 aliphatic heterocycles. The third kappa shape index (κ3) is 1.56. The third-order valence-corrected chi connectivity index (χ3v) is 5.00. The number of benzene rings is 1. The van der Waals surface area contributed by atoms with Gasteiger partial charge in [0.2, 0.25) is 0 Å². The first-order valence-corrected chi connectivity index (χ1v) is 7.68. The zero-order valence-electron chi connectivity index (χ0n) is 12.0. The Balaban J connectivity index is 2.45. The smallest absolute Gasteiger partial charge is 0.264 e. The van der Waals surface area contributed by atoms with Crippen LogP contribution in [0.1, 0.15) is 17.0 Å². The number of aromatic nitrogens is 2. The number of para-hydroxylation sites is 1. The summed E-state index contributed by atoms with van der Waals surface area (Å²) in [6, 6.07) is 11.8. The van der Waals surface area contributed by atoms with Gasteiger partial charge in [0.05, 0.1) is 21.2 Å². The Kier molecular flexibility index (Phi) is 2.59. The number of hydrogen-bond acceptors (Lipinski definition) is 4. The monoisotopic (exact) mass is 305 g/mol. The summed E-state index contributed by atoms with van der Waals surface area (Å²) in [6.07, 6.45) is 0. The lowest BCUT2D eigenvalue weighted by molar-refractivity contribution is 1.13. The molecule has 0 N–H and O–H groups in total. The summed E-state index contributed by atoms with van der Waals surface area (Å²) >= 11 is 1.47. The highest BCUT2D eigenvalue weighted by atomic mass is 32.1.